The van der Waals surface area contributed by atoms with Gasteiger partial charge in [-0.1, -0.05) is 13.3 Å². The maximum Gasteiger partial charge on any atom is 0.330 e. The smallest absolute Gasteiger partial charge is 0.330 e. The molecule has 1 aromatic carbocycles. The summed E-state index contributed by atoms with van der Waals surface area (Å²) in [4.78, 5) is 40.4. The molecule has 0 saturated heterocycles. The van der Waals surface area contributed by atoms with E-state index in [9.17, 15) is 14.4 Å². The molecule has 0 bridgehead atoms. The van der Waals surface area contributed by atoms with Crippen LogP contribution >= 0.6 is 0 Å². The van der Waals surface area contributed by atoms with Gasteiger partial charge >= 0.3 is 5.69 Å². The van der Waals surface area contributed by atoms with E-state index in [0.717, 1.165) is 17.7 Å². The Morgan fingerprint density at radius 2 is 2.04 bits per heavy atom. The molecule has 0 radical (unpaired) electrons. The van der Waals surface area contributed by atoms with Crippen molar-refractivity contribution in [1.82, 2.24) is 9.55 Å². The Bertz CT molecular complexity index is 963. The van der Waals surface area contributed by atoms with Crippen LogP contribution in [0.5, 0.6) is 11.5 Å². The predicted octanol–water partition coefficient (Wildman–Crippen LogP) is 0.924. The molecular formula is C17H20N4O5. The molecule has 3 rings (SSSR count). The molecule has 3 N–H and O–H groups in total. The molecule has 9 heteroatoms. The lowest BCUT2D eigenvalue weighted by atomic mass is 10.1. The second kappa shape index (κ2) is 6.95. The number of aromatic amines is 1. The number of hydrogen-bond acceptors (Lipinski definition) is 6. The van der Waals surface area contributed by atoms with Gasteiger partial charge in [-0.2, -0.15) is 0 Å². The van der Waals surface area contributed by atoms with Gasteiger partial charge in [0.25, 0.3) is 11.5 Å². The van der Waals surface area contributed by atoms with E-state index in [1.54, 1.807) is 18.2 Å². The zero-order chi connectivity index (χ0) is 18.8. The highest BCUT2D eigenvalue weighted by Crippen LogP contribution is 2.33. The lowest BCUT2D eigenvalue weighted by Gasteiger charge is -2.20. The van der Waals surface area contributed by atoms with Crippen molar-refractivity contribution in [2.75, 3.05) is 24.5 Å². The highest BCUT2D eigenvalue weighted by atomic mass is 16.7. The van der Waals surface area contributed by atoms with Crippen molar-refractivity contribution in [3.63, 3.8) is 0 Å². The summed E-state index contributed by atoms with van der Waals surface area (Å²) in [6.07, 6.45) is 1.57. The number of nitrogens with two attached hydrogens (primary N) is 1. The van der Waals surface area contributed by atoms with Gasteiger partial charge in [-0.25, -0.2) is 4.79 Å². The van der Waals surface area contributed by atoms with Crippen LogP contribution in [0.1, 0.15) is 30.1 Å². The van der Waals surface area contributed by atoms with Crippen molar-refractivity contribution in [2.45, 2.75) is 26.3 Å². The number of carbonyl (C=O) groups excluding carboxylic acids is 1. The van der Waals surface area contributed by atoms with E-state index >= 15 is 0 Å². The van der Waals surface area contributed by atoms with E-state index in [2.05, 4.69) is 4.98 Å². The van der Waals surface area contributed by atoms with Gasteiger partial charge in [-0.15, -0.1) is 0 Å². The van der Waals surface area contributed by atoms with Crippen LogP contribution in [0.25, 0.3) is 0 Å². The van der Waals surface area contributed by atoms with E-state index < -0.39 is 17.2 Å². The van der Waals surface area contributed by atoms with Crippen molar-refractivity contribution < 1.29 is 14.3 Å². The molecule has 1 aliphatic rings. The molecule has 0 aliphatic carbocycles. The number of nitrogens with one attached hydrogen (secondary N) is 1. The zero-order valence-corrected chi connectivity index (χ0v) is 14.6. The van der Waals surface area contributed by atoms with Crippen molar-refractivity contribution in [1.29, 1.82) is 0 Å². The molecule has 1 amide bonds. The van der Waals surface area contributed by atoms with Crippen LogP contribution in [0.2, 0.25) is 0 Å². The summed E-state index contributed by atoms with van der Waals surface area (Å²) in [7, 11) is 1.43. The Kier molecular flexibility index (Phi) is 4.70. The molecule has 0 atom stereocenters. The average Bonchev–Trinajstić information content (AvgIpc) is 3.08. The van der Waals surface area contributed by atoms with E-state index in [1.807, 2.05) is 6.92 Å². The van der Waals surface area contributed by atoms with E-state index in [4.69, 9.17) is 15.2 Å². The number of unbranched alkanes of at least 4 members (excludes halogenated alkanes) is 1. The fraction of sp³-hybridized carbons (Fsp3) is 0.353. The van der Waals surface area contributed by atoms with Crippen LogP contribution < -0.4 is 31.4 Å². The maximum absolute atomic E-state index is 12.8. The van der Waals surface area contributed by atoms with Crippen molar-refractivity contribution >= 4 is 17.4 Å². The number of amides is 1. The number of H-pyrrole nitrogens is 1. The molecule has 9 nitrogen and oxygen atoms in total. The summed E-state index contributed by atoms with van der Waals surface area (Å²) in [5.41, 5.74) is 4.98. The van der Waals surface area contributed by atoms with Gasteiger partial charge in [-0.3, -0.25) is 19.1 Å². The van der Waals surface area contributed by atoms with Gasteiger partial charge in [0.2, 0.25) is 6.79 Å². The first-order chi connectivity index (χ1) is 12.4. The summed E-state index contributed by atoms with van der Waals surface area (Å²) >= 11 is 0. The van der Waals surface area contributed by atoms with Gasteiger partial charge in [0, 0.05) is 19.2 Å². The van der Waals surface area contributed by atoms with E-state index in [1.165, 1.54) is 11.6 Å². The fourth-order valence-corrected chi connectivity index (χ4v) is 2.76. The Morgan fingerprint density at radius 1 is 1.31 bits per heavy atom. The normalized spacial score (nSPS) is 12.2. The minimum absolute atomic E-state index is 0.0382. The first kappa shape index (κ1) is 17.6. The number of carbonyl (C=O) groups is 1. The lowest BCUT2D eigenvalue weighted by molar-refractivity contribution is 0.0992. The third-order valence-corrected chi connectivity index (χ3v) is 4.21. The summed E-state index contributed by atoms with van der Waals surface area (Å²) in [5.74, 6) is 0.513. The first-order valence-electron chi connectivity index (χ1n) is 8.24. The molecule has 0 fully saturated rings. The number of anilines is 2. The predicted molar refractivity (Wildman–Crippen MR) is 95.9 cm³/mol. The summed E-state index contributed by atoms with van der Waals surface area (Å²) < 4.78 is 11.8. The highest BCUT2D eigenvalue weighted by Gasteiger charge is 2.24. The minimum atomic E-state index is -0.711. The second-order valence-corrected chi connectivity index (χ2v) is 5.93. The van der Waals surface area contributed by atoms with Gasteiger partial charge in [0.05, 0.1) is 0 Å². The Hall–Kier alpha value is -3.23. The quantitative estimate of drug-likeness (QED) is 0.818. The molecule has 2 heterocycles. The molecule has 138 valence electrons. The van der Waals surface area contributed by atoms with Crippen molar-refractivity contribution in [2.24, 2.45) is 0 Å². The topological polar surface area (TPSA) is 120 Å². The SMILES string of the molecule is CCCCn1c(N)c(N(C)C(=O)c2ccc3c(c2)OCO3)c(=O)[nH]c1=O. The Labute approximate surface area is 148 Å². The van der Waals surface area contributed by atoms with Gasteiger partial charge < -0.3 is 20.1 Å². The molecule has 2 aromatic rings. The zero-order valence-electron chi connectivity index (χ0n) is 14.6. The molecule has 26 heavy (non-hydrogen) atoms. The molecular weight excluding hydrogens is 340 g/mol. The number of nitrogens with zero attached hydrogens (tertiary/aromatic N) is 2. The molecule has 0 spiro atoms. The third kappa shape index (κ3) is 3.03. The van der Waals surface area contributed by atoms with Crippen molar-refractivity contribution in [3.05, 3.63) is 44.6 Å². The summed E-state index contributed by atoms with van der Waals surface area (Å²) in [5, 5.41) is 0. The monoisotopic (exact) mass is 360 g/mol. The Morgan fingerprint density at radius 3 is 2.77 bits per heavy atom. The van der Waals surface area contributed by atoms with Crippen LogP contribution in [0, 0.1) is 0 Å². The molecule has 0 unspecified atom stereocenters. The summed E-state index contributed by atoms with van der Waals surface area (Å²) in [6.45, 7) is 2.43. The fourth-order valence-electron chi connectivity index (χ4n) is 2.76. The lowest BCUT2D eigenvalue weighted by Crippen LogP contribution is -2.39. The van der Waals surface area contributed by atoms with Crippen LogP contribution in [-0.2, 0) is 6.54 Å². The minimum Gasteiger partial charge on any atom is -0.454 e. The van der Waals surface area contributed by atoms with Crippen LogP contribution in [0.4, 0.5) is 11.5 Å². The van der Waals surface area contributed by atoms with Gasteiger partial charge in [0.15, 0.2) is 17.2 Å². The Balaban J connectivity index is 1.99. The van der Waals surface area contributed by atoms with Crippen LogP contribution in [0.3, 0.4) is 0 Å². The van der Waals surface area contributed by atoms with Gasteiger partial charge in [-0.05, 0) is 24.6 Å². The van der Waals surface area contributed by atoms with Crippen LogP contribution in [-0.4, -0.2) is 29.3 Å². The van der Waals surface area contributed by atoms with Crippen molar-refractivity contribution in [3.8, 4) is 11.5 Å². The number of hydrogen-bond donors (Lipinski definition) is 2. The van der Waals surface area contributed by atoms with E-state index in [-0.39, 0.29) is 18.3 Å². The van der Waals surface area contributed by atoms with Gasteiger partial charge in [0.1, 0.15) is 5.82 Å². The molecule has 0 saturated carbocycles. The largest absolute Gasteiger partial charge is 0.454 e. The maximum atomic E-state index is 12.8. The van der Waals surface area contributed by atoms with E-state index in [0.29, 0.717) is 23.6 Å². The average molecular weight is 360 g/mol. The molecule has 1 aliphatic heterocycles. The third-order valence-electron chi connectivity index (χ3n) is 4.21. The molecule has 1 aromatic heterocycles. The first-order valence-corrected chi connectivity index (χ1v) is 8.24. The number of rotatable bonds is 5. The number of aromatic nitrogens is 2. The number of benzene rings is 1. The standard InChI is InChI=1S/C17H20N4O5/c1-3-4-7-21-14(18)13(15(22)19-17(21)24)20(2)16(23)10-5-6-11-12(8-10)26-9-25-11/h5-6,8H,3-4,7,9,18H2,1-2H3,(H,19,22,24). The number of fused-ring (bicyclic) bond motifs is 1. The highest BCUT2D eigenvalue weighted by molar-refractivity contribution is 6.07. The number of ether oxygens (including phenoxy) is 2. The van der Waals surface area contributed by atoms with Crippen LogP contribution in [0.15, 0.2) is 27.8 Å². The second-order valence-electron chi connectivity index (χ2n) is 5.93. The summed E-state index contributed by atoms with van der Waals surface area (Å²) in [6, 6.07) is 4.74. The number of nitrogen functional groups attached to an aromatic ring is 1.